The fourth-order valence-corrected chi connectivity index (χ4v) is 2.51. The molecular formula is C19H16Mg. The van der Waals surface area contributed by atoms with Gasteiger partial charge in [-0.05, 0) is 16.7 Å². The first kappa shape index (κ1) is 14.8. The van der Waals surface area contributed by atoms with Crippen LogP contribution >= 0.6 is 0 Å². The molecule has 0 nitrogen and oxygen atoms in total. The van der Waals surface area contributed by atoms with Crippen molar-refractivity contribution in [2.45, 2.75) is 5.92 Å². The second kappa shape index (κ2) is 7.27. The van der Waals surface area contributed by atoms with Gasteiger partial charge in [0.25, 0.3) is 0 Å². The lowest BCUT2D eigenvalue weighted by Gasteiger charge is -2.18. The van der Waals surface area contributed by atoms with Gasteiger partial charge in [-0.25, -0.2) is 0 Å². The van der Waals surface area contributed by atoms with E-state index in [2.05, 4.69) is 91.0 Å². The molecule has 0 aliphatic carbocycles. The molecule has 2 radical (unpaired) electrons. The molecule has 0 spiro atoms. The molecule has 0 saturated carbocycles. The maximum absolute atomic E-state index is 2.20. The summed E-state index contributed by atoms with van der Waals surface area (Å²) in [5, 5.41) is 0. The summed E-state index contributed by atoms with van der Waals surface area (Å²) in [5.41, 5.74) is 4.00. The van der Waals surface area contributed by atoms with E-state index in [4.69, 9.17) is 0 Å². The lowest BCUT2D eigenvalue weighted by Crippen LogP contribution is -2.02. The van der Waals surface area contributed by atoms with E-state index in [1.807, 2.05) is 0 Å². The van der Waals surface area contributed by atoms with Crippen molar-refractivity contribution in [3.05, 3.63) is 108 Å². The summed E-state index contributed by atoms with van der Waals surface area (Å²) < 4.78 is 0. The zero-order chi connectivity index (χ0) is 12.9. The van der Waals surface area contributed by atoms with Gasteiger partial charge in [0.1, 0.15) is 0 Å². The molecule has 0 saturated heterocycles. The molecular weight excluding hydrogens is 253 g/mol. The maximum Gasteiger partial charge on any atom is 0.0339 e. The minimum atomic E-state index is 0. The van der Waals surface area contributed by atoms with E-state index >= 15 is 0 Å². The molecule has 0 atom stereocenters. The largest absolute Gasteiger partial charge is 0.0622 e. The molecule has 0 unspecified atom stereocenters. The van der Waals surface area contributed by atoms with Crippen molar-refractivity contribution in [1.82, 2.24) is 0 Å². The topological polar surface area (TPSA) is 0 Å². The lowest BCUT2D eigenvalue weighted by atomic mass is 9.85. The highest BCUT2D eigenvalue weighted by Crippen LogP contribution is 2.31. The van der Waals surface area contributed by atoms with Crippen LogP contribution in [0.2, 0.25) is 0 Å². The first-order valence-corrected chi connectivity index (χ1v) is 6.60. The van der Waals surface area contributed by atoms with Gasteiger partial charge in [0.15, 0.2) is 0 Å². The van der Waals surface area contributed by atoms with Crippen LogP contribution in [-0.4, -0.2) is 23.1 Å². The van der Waals surface area contributed by atoms with Gasteiger partial charge < -0.3 is 0 Å². The standard InChI is InChI=1S/C19H16.Mg/c1-4-10-16(11-5-1)19(17-12-6-2-7-13-17)18-14-8-3-9-15-18;/h1-15,19H;. The van der Waals surface area contributed by atoms with Gasteiger partial charge in [0, 0.05) is 29.0 Å². The Morgan fingerprint density at radius 1 is 0.400 bits per heavy atom. The van der Waals surface area contributed by atoms with Crippen LogP contribution in [0.1, 0.15) is 22.6 Å². The first-order chi connectivity index (χ1) is 9.45. The zero-order valence-corrected chi connectivity index (χ0v) is 12.9. The predicted octanol–water partition coefficient (Wildman–Crippen LogP) is 4.49. The van der Waals surface area contributed by atoms with Crippen LogP contribution in [0.5, 0.6) is 0 Å². The highest BCUT2D eigenvalue weighted by atomic mass is 24.3. The number of rotatable bonds is 3. The molecule has 0 amide bonds. The van der Waals surface area contributed by atoms with Crippen molar-refractivity contribution in [3.63, 3.8) is 0 Å². The second-order valence-electron chi connectivity index (χ2n) is 4.67. The highest BCUT2D eigenvalue weighted by molar-refractivity contribution is 5.75. The van der Waals surface area contributed by atoms with Crippen molar-refractivity contribution in [2.75, 3.05) is 0 Å². The van der Waals surface area contributed by atoms with Gasteiger partial charge >= 0.3 is 0 Å². The monoisotopic (exact) mass is 268 g/mol. The first-order valence-electron chi connectivity index (χ1n) is 6.60. The third-order valence-corrected chi connectivity index (χ3v) is 3.40. The quantitative estimate of drug-likeness (QED) is 0.485. The van der Waals surface area contributed by atoms with Crippen molar-refractivity contribution in [2.24, 2.45) is 0 Å². The van der Waals surface area contributed by atoms with Crippen LogP contribution in [0.3, 0.4) is 0 Å². The Labute approximate surface area is 136 Å². The minimum absolute atomic E-state index is 0. The minimum Gasteiger partial charge on any atom is -0.0622 e. The van der Waals surface area contributed by atoms with Crippen LogP contribution < -0.4 is 0 Å². The third-order valence-electron chi connectivity index (χ3n) is 3.40. The van der Waals surface area contributed by atoms with Crippen LogP contribution in [-0.2, 0) is 0 Å². The lowest BCUT2D eigenvalue weighted by molar-refractivity contribution is 0.977. The Balaban J connectivity index is 0.00000147. The van der Waals surface area contributed by atoms with Crippen LogP contribution in [0, 0.1) is 0 Å². The summed E-state index contributed by atoms with van der Waals surface area (Å²) in [6, 6.07) is 32.0. The van der Waals surface area contributed by atoms with Gasteiger partial charge in [-0.2, -0.15) is 0 Å². The van der Waals surface area contributed by atoms with E-state index in [0.29, 0.717) is 5.92 Å². The van der Waals surface area contributed by atoms with Gasteiger partial charge in [-0.1, -0.05) is 91.0 Å². The Morgan fingerprint density at radius 3 is 0.900 bits per heavy atom. The number of hydrogen-bond donors (Lipinski definition) is 0. The highest BCUT2D eigenvalue weighted by Gasteiger charge is 2.15. The van der Waals surface area contributed by atoms with E-state index < -0.39 is 0 Å². The Hall–Kier alpha value is -1.57. The maximum atomic E-state index is 2.20. The molecule has 3 rings (SSSR count). The fourth-order valence-electron chi connectivity index (χ4n) is 2.51. The second-order valence-corrected chi connectivity index (χ2v) is 4.67. The number of benzene rings is 3. The van der Waals surface area contributed by atoms with Crippen molar-refractivity contribution < 1.29 is 0 Å². The zero-order valence-electron chi connectivity index (χ0n) is 11.4. The summed E-state index contributed by atoms with van der Waals surface area (Å²) in [4.78, 5) is 0. The van der Waals surface area contributed by atoms with Crippen LogP contribution in [0.25, 0.3) is 0 Å². The molecule has 94 valence electrons. The van der Waals surface area contributed by atoms with Crippen molar-refractivity contribution >= 4 is 23.1 Å². The third kappa shape index (κ3) is 3.30. The van der Waals surface area contributed by atoms with E-state index in [-0.39, 0.29) is 23.1 Å². The average molecular weight is 269 g/mol. The molecule has 0 fully saturated rings. The average Bonchev–Trinajstić information content (AvgIpc) is 2.51. The summed E-state index contributed by atoms with van der Waals surface area (Å²) in [6.07, 6.45) is 0. The predicted molar refractivity (Wildman–Crippen MR) is 86.0 cm³/mol. The van der Waals surface area contributed by atoms with Crippen LogP contribution in [0.4, 0.5) is 0 Å². The van der Waals surface area contributed by atoms with Crippen molar-refractivity contribution in [1.29, 1.82) is 0 Å². The summed E-state index contributed by atoms with van der Waals surface area (Å²) in [7, 11) is 0. The van der Waals surface area contributed by atoms with Crippen molar-refractivity contribution in [3.8, 4) is 0 Å². The summed E-state index contributed by atoms with van der Waals surface area (Å²) in [6.45, 7) is 0. The van der Waals surface area contributed by atoms with E-state index in [9.17, 15) is 0 Å². The summed E-state index contributed by atoms with van der Waals surface area (Å²) >= 11 is 0. The molecule has 3 aromatic carbocycles. The molecule has 0 aromatic heterocycles. The SMILES string of the molecule is [Mg].c1ccc(C(c2ccccc2)c2ccccc2)cc1. The van der Waals surface area contributed by atoms with Gasteiger partial charge in [0.2, 0.25) is 0 Å². The van der Waals surface area contributed by atoms with Gasteiger partial charge in [0.05, 0.1) is 0 Å². The Kier molecular flexibility index (Phi) is 5.39. The molecule has 0 heterocycles. The number of hydrogen-bond acceptors (Lipinski definition) is 0. The van der Waals surface area contributed by atoms with E-state index in [1.54, 1.807) is 0 Å². The Bertz CT molecular complexity index is 524. The molecule has 3 aromatic rings. The van der Waals surface area contributed by atoms with Gasteiger partial charge in [-0.15, -0.1) is 0 Å². The fraction of sp³-hybridized carbons (Fsp3) is 0.0526. The van der Waals surface area contributed by atoms with E-state index in [1.165, 1.54) is 16.7 Å². The summed E-state index contributed by atoms with van der Waals surface area (Å²) in [5.74, 6) is 0.309. The molecule has 0 aliphatic heterocycles. The van der Waals surface area contributed by atoms with Crippen LogP contribution in [0.15, 0.2) is 91.0 Å². The molecule has 0 N–H and O–H groups in total. The normalized spacial score (nSPS) is 10.1. The molecule has 20 heavy (non-hydrogen) atoms. The molecule has 0 bridgehead atoms. The smallest absolute Gasteiger partial charge is 0.0339 e. The Morgan fingerprint density at radius 2 is 0.650 bits per heavy atom. The van der Waals surface area contributed by atoms with E-state index in [0.717, 1.165) is 0 Å². The van der Waals surface area contributed by atoms with Gasteiger partial charge in [-0.3, -0.25) is 0 Å². The molecule has 1 heteroatoms. The molecule has 0 aliphatic rings.